The number of aromatic nitrogens is 1. The van der Waals surface area contributed by atoms with Crippen LogP contribution < -0.4 is 10.5 Å². The number of rotatable bonds is 6. The third-order valence-corrected chi connectivity index (χ3v) is 6.93. The third kappa shape index (κ3) is 4.47. The number of hydrogen-bond donors (Lipinski definition) is 0. The summed E-state index contributed by atoms with van der Waals surface area (Å²) in [6.45, 7) is 11.6. The van der Waals surface area contributed by atoms with Crippen molar-refractivity contribution in [3.05, 3.63) is 44.6 Å². The lowest BCUT2D eigenvalue weighted by Crippen LogP contribution is -2.47. The molecular formula is C22H27N5O2S2. The first-order valence-electron chi connectivity index (χ1n) is 10.3. The summed E-state index contributed by atoms with van der Waals surface area (Å²) in [5, 5.41) is 9.70. The van der Waals surface area contributed by atoms with E-state index in [0.29, 0.717) is 27.9 Å². The zero-order valence-electron chi connectivity index (χ0n) is 18.2. The second-order valence-electron chi connectivity index (χ2n) is 7.68. The van der Waals surface area contributed by atoms with Gasteiger partial charge in [-0.05, 0) is 32.0 Å². The van der Waals surface area contributed by atoms with Gasteiger partial charge in [-0.25, -0.2) is 0 Å². The zero-order valence-corrected chi connectivity index (χ0v) is 19.8. The number of pyridine rings is 1. The van der Waals surface area contributed by atoms with Crippen LogP contribution in [-0.4, -0.2) is 64.4 Å². The van der Waals surface area contributed by atoms with Gasteiger partial charge in [0.25, 0.3) is 11.5 Å². The van der Waals surface area contributed by atoms with E-state index in [9.17, 15) is 14.9 Å². The number of amides is 1. The first-order valence-corrected chi connectivity index (χ1v) is 11.5. The van der Waals surface area contributed by atoms with Crippen LogP contribution in [0.4, 0.5) is 5.82 Å². The van der Waals surface area contributed by atoms with Crippen LogP contribution in [0.5, 0.6) is 0 Å². The van der Waals surface area contributed by atoms with Crippen LogP contribution in [0.2, 0.25) is 0 Å². The summed E-state index contributed by atoms with van der Waals surface area (Å²) in [5.74, 6) is 0.607. The van der Waals surface area contributed by atoms with Gasteiger partial charge in [0.15, 0.2) is 0 Å². The van der Waals surface area contributed by atoms with Gasteiger partial charge in [-0.1, -0.05) is 37.0 Å². The molecule has 3 heterocycles. The first-order chi connectivity index (χ1) is 14.8. The summed E-state index contributed by atoms with van der Waals surface area (Å²) < 4.78 is 2.19. The molecule has 0 spiro atoms. The topological polar surface area (TPSA) is 72.6 Å². The molecule has 0 aromatic carbocycles. The molecule has 2 fully saturated rings. The fourth-order valence-corrected chi connectivity index (χ4v) is 5.11. The summed E-state index contributed by atoms with van der Waals surface area (Å²) in [6, 6.07) is 2.08. The Balaban J connectivity index is 2.23. The van der Waals surface area contributed by atoms with E-state index in [2.05, 4.69) is 29.5 Å². The van der Waals surface area contributed by atoms with Gasteiger partial charge in [-0.3, -0.25) is 19.1 Å². The number of carbonyl (C=O) groups excluding carboxylic acids is 1. The highest BCUT2D eigenvalue weighted by molar-refractivity contribution is 8.26. The lowest BCUT2D eigenvalue weighted by Gasteiger charge is -2.36. The molecule has 2 saturated heterocycles. The van der Waals surface area contributed by atoms with Gasteiger partial charge in [-0.2, -0.15) is 5.26 Å². The molecule has 0 bridgehead atoms. The first kappa shape index (κ1) is 23.3. The quantitative estimate of drug-likeness (QED) is 0.369. The molecule has 7 nitrogen and oxygen atoms in total. The Morgan fingerprint density at radius 1 is 1.26 bits per heavy atom. The molecule has 2 aliphatic rings. The normalized spacial score (nSPS) is 18.7. The molecule has 1 aromatic heterocycles. The Morgan fingerprint density at radius 3 is 2.52 bits per heavy atom. The number of thiocarbonyl (C=S) groups is 1. The summed E-state index contributed by atoms with van der Waals surface area (Å²) >= 11 is 6.61. The molecule has 0 radical (unpaired) electrons. The zero-order chi connectivity index (χ0) is 22.7. The maximum absolute atomic E-state index is 13.2. The van der Waals surface area contributed by atoms with Crippen molar-refractivity contribution in [1.82, 2.24) is 14.4 Å². The molecule has 1 amide bonds. The summed E-state index contributed by atoms with van der Waals surface area (Å²) in [7, 11) is 2.08. The average molecular weight is 458 g/mol. The summed E-state index contributed by atoms with van der Waals surface area (Å²) in [6.07, 6.45) is 4.21. The van der Waals surface area contributed by atoms with Crippen LogP contribution in [0.25, 0.3) is 6.08 Å². The van der Waals surface area contributed by atoms with Crippen LogP contribution in [0.15, 0.2) is 22.4 Å². The predicted molar refractivity (Wildman–Crippen MR) is 130 cm³/mol. The van der Waals surface area contributed by atoms with Crippen molar-refractivity contribution >= 4 is 46.1 Å². The van der Waals surface area contributed by atoms with Gasteiger partial charge in [0, 0.05) is 44.8 Å². The van der Waals surface area contributed by atoms with E-state index in [0.717, 1.165) is 44.0 Å². The second kappa shape index (κ2) is 9.81. The van der Waals surface area contributed by atoms with E-state index in [1.807, 2.05) is 6.92 Å². The molecule has 9 heteroatoms. The predicted octanol–water partition coefficient (Wildman–Crippen LogP) is 2.58. The largest absolute Gasteiger partial charge is 0.355 e. The molecular weight excluding hydrogens is 430 g/mol. The SMILES string of the molecule is C=CCN1C(=O)/C(=C/c2c(C)c(C#N)c(=O)n(CCC)c2N2CCN(C)CC2)SC1=S. The third-order valence-electron chi connectivity index (χ3n) is 5.56. The number of likely N-dealkylation sites (N-methyl/N-ethyl adjacent to an activating group) is 1. The lowest BCUT2D eigenvalue weighted by atomic mass is 10.0. The Hall–Kier alpha value is -2.41. The number of hydrogen-bond acceptors (Lipinski definition) is 7. The minimum absolute atomic E-state index is 0.124. The van der Waals surface area contributed by atoms with Gasteiger partial charge in [0.2, 0.25) is 0 Å². The van der Waals surface area contributed by atoms with Crippen molar-refractivity contribution in [2.45, 2.75) is 26.8 Å². The summed E-state index contributed by atoms with van der Waals surface area (Å²) in [4.78, 5) is 32.5. The molecule has 0 saturated carbocycles. The fraction of sp³-hybridized carbons (Fsp3) is 0.455. The Morgan fingerprint density at radius 2 is 1.94 bits per heavy atom. The minimum Gasteiger partial charge on any atom is -0.355 e. The standard InChI is InChI=1S/C22H27N5O2S2/c1-5-7-26-19(25-11-9-24(4)10-12-25)16(15(3)17(14-23)20(26)28)13-18-21(29)27(8-6-2)22(30)31-18/h6,13H,2,5,7-12H2,1,3-4H3/b18-13-. The van der Waals surface area contributed by atoms with E-state index >= 15 is 0 Å². The van der Waals surface area contributed by atoms with Crippen LogP contribution >= 0.6 is 24.0 Å². The van der Waals surface area contributed by atoms with Gasteiger partial charge < -0.3 is 9.80 Å². The molecule has 0 aliphatic carbocycles. The summed E-state index contributed by atoms with van der Waals surface area (Å²) in [5.41, 5.74) is 1.20. The molecule has 0 N–H and O–H groups in total. The Kier molecular flexibility index (Phi) is 7.36. The van der Waals surface area contributed by atoms with Crippen LogP contribution in [-0.2, 0) is 11.3 Å². The van der Waals surface area contributed by atoms with Crippen molar-refractivity contribution < 1.29 is 4.79 Å². The van der Waals surface area contributed by atoms with Crippen molar-refractivity contribution in [2.24, 2.45) is 0 Å². The number of thioether (sulfide) groups is 1. The van der Waals surface area contributed by atoms with Gasteiger partial charge in [-0.15, -0.1) is 6.58 Å². The number of piperazine rings is 1. The second-order valence-corrected chi connectivity index (χ2v) is 9.35. The number of carbonyl (C=O) groups is 1. The van der Waals surface area contributed by atoms with Crippen molar-refractivity contribution in [3.63, 3.8) is 0 Å². The molecule has 164 valence electrons. The van der Waals surface area contributed by atoms with E-state index in [1.54, 1.807) is 23.6 Å². The maximum atomic E-state index is 13.2. The average Bonchev–Trinajstić information content (AvgIpc) is 3.01. The monoisotopic (exact) mass is 457 g/mol. The van der Waals surface area contributed by atoms with Crippen molar-refractivity contribution in [1.29, 1.82) is 5.26 Å². The highest BCUT2D eigenvalue weighted by Gasteiger charge is 2.32. The van der Waals surface area contributed by atoms with E-state index in [-0.39, 0.29) is 17.0 Å². The maximum Gasteiger partial charge on any atom is 0.270 e. The molecule has 31 heavy (non-hydrogen) atoms. The number of anilines is 1. The van der Waals surface area contributed by atoms with E-state index in [1.165, 1.54) is 16.7 Å². The molecule has 2 aliphatic heterocycles. The van der Waals surface area contributed by atoms with Crippen LogP contribution in [0.1, 0.15) is 30.0 Å². The number of nitriles is 1. The van der Waals surface area contributed by atoms with Crippen LogP contribution in [0.3, 0.4) is 0 Å². The fourth-order valence-electron chi connectivity index (χ4n) is 3.85. The molecule has 1 aromatic rings. The van der Waals surface area contributed by atoms with Crippen LogP contribution in [0, 0.1) is 18.3 Å². The lowest BCUT2D eigenvalue weighted by molar-refractivity contribution is -0.121. The smallest absolute Gasteiger partial charge is 0.270 e. The van der Waals surface area contributed by atoms with Gasteiger partial charge in [0.05, 0.1) is 4.91 Å². The number of nitrogens with zero attached hydrogens (tertiary/aromatic N) is 5. The molecule has 0 unspecified atom stereocenters. The minimum atomic E-state index is -0.271. The van der Waals surface area contributed by atoms with Crippen molar-refractivity contribution in [3.8, 4) is 6.07 Å². The van der Waals surface area contributed by atoms with Crippen molar-refractivity contribution in [2.75, 3.05) is 44.7 Å². The Labute approximate surface area is 192 Å². The van der Waals surface area contributed by atoms with Gasteiger partial charge >= 0.3 is 0 Å². The van der Waals surface area contributed by atoms with E-state index < -0.39 is 0 Å². The Bertz CT molecular complexity index is 1050. The highest BCUT2D eigenvalue weighted by atomic mass is 32.2. The van der Waals surface area contributed by atoms with E-state index in [4.69, 9.17) is 12.2 Å². The molecule has 0 atom stereocenters. The highest BCUT2D eigenvalue weighted by Crippen LogP contribution is 2.36. The molecule has 3 rings (SSSR count). The van der Waals surface area contributed by atoms with Gasteiger partial charge in [0.1, 0.15) is 21.8 Å².